The van der Waals surface area contributed by atoms with Crippen molar-refractivity contribution in [2.24, 2.45) is 0 Å². The molecule has 0 aliphatic heterocycles. The van der Waals surface area contributed by atoms with Crippen LogP contribution in [0.2, 0.25) is 0 Å². The van der Waals surface area contributed by atoms with Crippen LogP contribution in [-0.2, 0) is 17.9 Å². The van der Waals surface area contributed by atoms with Crippen molar-refractivity contribution in [1.29, 1.82) is 0 Å². The number of rotatable bonds is 7. The summed E-state index contributed by atoms with van der Waals surface area (Å²) < 4.78 is 2.38. The van der Waals surface area contributed by atoms with Gasteiger partial charge in [-0.1, -0.05) is 36.4 Å². The Balaban J connectivity index is 1.33. The molecule has 0 bridgehead atoms. The molecule has 2 N–H and O–H groups in total. The Labute approximate surface area is 174 Å². The predicted octanol–water partition coefficient (Wildman–Crippen LogP) is 4.50. The molecular weight excluding hydrogens is 410 g/mol. The van der Waals surface area contributed by atoms with Gasteiger partial charge in [0.25, 0.3) is 0 Å². The zero-order valence-electron chi connectivity index (χ0n) is 14.8. The minimum Gasteiger partial charge on any atom is -0.350 e. The zero-order valence-corrected chi connectivity index (χ0v) is 17.2. The fourth-order valence-corrected chi connectivity index (χ4v) is 4.42. The van der Waals surface area contributed by atoms with E-state index in [-0.39, 0.29) is 5.91 Å². The fourth-order valence-electron chi connectivity index (χ4n) is 2.73. The summed E-state index contributed by atoms with van der Waals surface area (Å²) in [5.41, 5.74) is 2.01. The van der Waals surface area contributed by atoms with Gasteiger partial charge in [0.2, 0.25) is 5.91 Å². The molecule has 3 aromatic heterocycles. The summed E-state index contributed by atoms with van der Waals surface area (Å²) in [5, 5.41) is 14.9. The average molecular weight is 428 g/mol. The highest BCUT2D eigenvalue weighted by molar-refractivity contribution is 7.71. The zero-order chi connectivity index (χ0) is 19.3. The SMILES string of the molecule is O=C(CCn1c(-c2cccs2)n[nH]c1=S)NCc1nc(-c2ccccc2)cs1. The van der Waals surface area contributed by atoms with Gasteiger partial charge in [-0.05, 0) is 23.7 Å². The van der Waals surface area contributed by atoms with Gasteiger partial charge in [-0.2, -0.15) is 5.10 Å². The van der Waals surface area contributed by atoms with Crippen molar-refractivity contribution < 1.29 is 4.79 Å². The van der Waals surface area contributed by atoms with Gasteiger partial charge in [0, 0.05) is 23.9 Å². The van der Waals surface area contributed by atoms with E-state index in [2.05, 4.69) is 20.5 Å². The van der Waals surface area contributed by atoms with E-state index < -0.39 is 0 Å². The summed E-state index contributed by atoms with van der Waals surface area (Å²) >= 11 is 8.43. The van der Waals surface area contributed by atoms with Crippen LogP contribution in [-0.4, -0.2) is 25.7 Å². The van der Waals surface area contributed by atoms with Gasteiger partial charge in [-0.25, -0.2) is 4.98 Å². The largest absolute Gasteiger partial charge is 0.350 e. The Hall–Kier alpha value is -2.62. The number of aromatic amines is 1. The van der Waals surface area contributed by atoms with E-state index in [1.54, 1.807) is 22.7 Å². The predicted molar refractivity (Wildman–Crippen MR) is 115 cm³/mol. The van der Waals surface area contributed by atoms with Crippen LogP contribution in [0.15, 0.2) is 53.2 Å². The molecule has 0 aliphatic carbocycles. The second-order valence-corrected chi connectivity index (χ2v) is 8.28. The molecule has 0 aliphatic rings. The van der Waals surface area contributed by atoms with Crippen LogP contribution < -0.4 is 5.32 Å². The van der Waals surface area contributed by atoms with E-state index >= 15 is 0 Å². The van der Waals surface area contributed by atoms with Crippen LogP contribution in [0.5, 0.6) is 0 Å². The first-order valence-electron chi connectivity index (χ1n) is 8.66. The molecule has 0 fully saturated rings. The summed E-state index contributed by atoms with van der Waals surface area (Å²) in [6.45, 7) is 0.895. The molecular formula is C19H17N5OS3. The third-order valence-corrected chi connectivity index (χ3v) is 6.15. The first kappa shape index (κ1) is 18.7. The van der Waals surface area contributed by atoms with Crippen molar-refractivity contribution in [3.05, 3.63) is 63.0 Å². The second kappa shape index (κ2) is 8.59. The number of H-pyrrole nitrogens is 1. The summed E-state index contributed by atoms with van der Waals surface area (Å²) in [5.74, 6) is 0.719. The van der Waals surface area contributed by atoms with E-state index in [0.717, 1.165) is 27.0 Å². The van der Waals surface area contributed by atoms with Gasteiger partial charge in [-0.15, -0.1) is 22.7 Å². The van der Waals surface area contributed by atoms with Crippen molar-refractivity contribution in [2.75, 3.05) is 0 Å². The number of hydrogen-bond donors (Lipinski definition) is 2. The lowest BCUT2D eigenvalue weighted by Gasteiger charge is -2.06. The lowest BCUT2D eigenvalue weighted by atomic mass is 10.2. The normalized spacial score (nSPS) is 10.9. The number of nitrogens with one attached hydrogen (secondary N) is 2. The van der Waals surface area contributed by atoms with E-state index in [1.165, 1.54) is 0 Å². The molecule has 6 nitrogen and oxygen atoms in total. The molecule has 0 radical (unpaired) electrons. The molecule has 4 aromatic rings. The Morgan fingerprint density at radius 2 is 2.04 bits per heavy atom. The highest BCUT2D eigenvalue weighted by atomic mass is 32.1. The molecule has 0 saturated carbocycles. The van der Waals surface area contributed by atoms with Crippen molar-refractivity contribution in [1.82, 2.24) is 25.1 Å². The highest BCUT2D eigenvalue weighted by Gasteiger charge is 2.12. The molecule has 1 aromatic carbocycles. The number of hydrogen-bond acceptors (Lipinski definition) is 6. The van der Waals surface area contributed by atoms with Crippen LogP contribution in [0.1, 0.15) is 11.4 Å². The molecule has 0 spiro atoms. The third kappa shape index (κ3) is 4.27. The highest BCUT2D eigenvalue weighted by Crippen LogP contribution is 2.23. The molecule has 0 saturated heterocycles. The van der Waals surface area contributed by atoms with Gasteiger partial charge in [0.05, 0.1) is 17.1 Å². The molecule has 9 heteroatoms. The van der Waals surface area contributed by atoms with Crippen LogP contribution >= 0.6 is 34.9 Å². The van der Waals surface area contributed by atoms with Gasteiger partial charge in [-0.3, -0.25) is 14.5 Å². The van der Waals surface area contributed by atoms with Crippen LogP contribution in [0.3, 0.4) is 0 Å². The number of thiophene rings is 1. The fraction of sp³-hybridized carbons (Fsp3) is 0.158. The number of thiazole rings is 1. The standard InChI is InChI=1S/C19H17N5OS3/c25-16(8-9-24-18(22-23-19(24)26)15-7-4-10-27-15)20-11-17-21-14(12-28-17)13-5-2-1-3-6-13/h1-7,10,12H,8-9,11H2,(H,20,25)(H,23,26). The average Bonchev–Trinajstić information content (AvgIpc) is 3.46. The smallest absolute Gasteiger partial charge is 0.222 e. The van der Waals surface area contributed by atoms with E-state index in [4.69, 9.17) is 12.2 Å². The van der Waals surface area contributed by atoms with Gasteiger partial charge in [0.15, 0.2) is 10.6 Å². The van der Waals surface area contributed by atoms with Crippen LogP contribution in [0, 0.1) is 4.77 Å². The Morgan fingerprint density at radius 1 is 1.18 bits per heavy atom. The molecule has 1 amide bonds. The summed E-state index contributed by atoms with van der Waals surface area (Å²) in [4.78, 5) is 17.9. The van der Waals surface area contributed by atoms with Crippen molar-refractivity contribution in [2.45, 2.75) is 19.5 Å². The molecule has 142 valence electrons. The summed E-state index contributed by atoms with van der Waals surface area (Å²) in [6.07, 6.45) is 0.323. The molecule has 3 heterocycles. The van der Waals surface area contributed by atoms with E-state index in [9.17, 15) is 4.79 Å². The van der Waals surface area contributed by atoms with Crippen LogP contribution in [0.25, 0.3) is 22.0 Å². The van der Waals surface area contributed by atoms with Crippen molar-refractivity contribution >= 4 is 40.8 Å². The number of carbonyl (C=O) groups excluding carboxylic acids is 1. The molecule has 0 unspecified atom stereocenters. The minimum atomic E-state index is -0.0447. The molecule has 0 atom stereocenters. The van der Waals surface area contributed by atoms with Crippen molar-refractivity contribution in [3.63, 3.8) is 0 Å². The Morgan fingerprint density at radius 3 is 2.82 bits per heavy atom. The second-order valence-electron chi connectivity index (χ2n) is 6.00. The minimum absolute atomic E-state index is 0.0447. The van der Waals surface area contributed by atoms with Gasteiger partial charge < -0.3 is 5.32 Å². The maximum Gasteiger partial charge on any atom is 0.222 e. The Kier molecular flexibility index (Phi) is 5.75. The van der Waals surface area contributed by atoms with E-state index in [0.29, 0.717) is 24.3 Å². The lowest BCUT2D eigenvalue weighted by Crippen LogP contribution is -2.24. The van der Waals surface area contributed by atoms with Gasteiger partial charge >= 0.3 is 0 Å². The number of benzene rings is 1. The quantitative estimate of drug-likeness (QED) is 0.426. The number of amides is 1. The molecule has 4 rings (SSSR count). The summed E-state index contributed by atoms with van der Waals surface area (Å²) in [7, 11) is 0. The van der Waals surface area contributed by atoms with E-state index in [1.807, 2.05) is 57.8 Å². The first-order valence-corrected chi connectivity index (χ1v) is 10.8. The van der Waals surface area contributed by atoms with Gasteiger partial charge in [0.1, 0.15) is 5.01 Å². The lowest BCUT2D eigenvalue weighted by molar-refractivity contribution is -0.121. The van der Waals surface area contributed by atoms with Crippen LogP contribution in [0.4, 0.5) is 0 Å². The third-order valence-electron chi connectivity index (χ3n) is 4.12. The number of aromatic nitrogens is 4. The maximum atomic E-state index is 12.3. The number of carbonyl (C=O) groups is 1. The molecule has 28 heavy (non-hydrogen) atoms. The maximum absolute atomic E-state index is 12.3. The first-order chi connectivity index (χ1) is 13.7. The van der Waals surface area contributed by atoms with Crippen molar-refractivity contribution in [3.8, 4) is 22.0 Å². The number of nitrogens with zero attached hydrogens (tertiary/aromatic N) is 3. The topological polar surface area (TPSA) is 75.6 Å². The Bertz CT molecular complexity index is 1110. The monoisotopic (exact) mass is 427 g/mol. The summed E-state index contributed by atoms with van der Waals surface area (Å²) in [6, 6.07) is 14.0.